The van der Waals surface area contributed by atoms with Crippen molar-refractivity contribution < 1.29 is 8.42 Å². The van der Waals surface area contributed by atoms with Gasteiger partial charge in [-0.2, -0.15) is 4.31 Å². The van der Waals surface area contributed by atoms with Crippen LogP contribution in [-0.2, 0) is 16.4 Å². The Balaban J connectivity index is 3.04. The summed E-state index contributed by atoms with van der Waals surface area (Å²) in [5, 5.41) is 0. The van der Waals surface area contributed by atoms with Gasteiger partial charge in [-0.3, -0.25) is 0 Å². The van der Waals surface area contributed by atoms with Crippen molar-refractivity contribution in [3.05, 3.63) is 29.8 Å². The van der Waals surface area contributed by atoms with Gasteiger partial charge in [0.1, 0.15) is 0 Å². The molecule has 0 unspecified atom stereocenters. The number of rotatable bonds is 7. The summed E-state index contributed by atoms with van der Waals surface area (Å²) < 4.78 is 26.6. The monoisotopic (exact) mass is 284 g/mol. The van der Waals surface area contributed by atoms with Crippen LogP contribution in [0.25, 0.3) is 0 Å². The lowest BCUT2D eigenvalue weighted by atomic mass is 10.2. The van der Waals surface area contributed by atoms with Crippen molar-refractivity contribution in [3.63, 3.8) is 0 Å². The molecule has 0 atom stereocenters. The molecule has 19 heavy (non-hydrogen) atoms. The standard InChI is InChI=1S/C14H24N2O2S/c1-4-11-16(12(2)3)19(17,18)14-7-5-13(6-8-14)9-10-15/h5-8,12H,4,9-11,15H2,1-3H3. The van der Waals surface area contributed by atoms with Gasteiger partial charge in [-0.05, 0) is 50.9 Å². The van der Waals surface area contributed by atoms with Crippen molar-refractivity contribution in [2.24, 2.45) is 5.73 Å². The summed E-state index contributed by atoms with van der Waals surface area (Å²) in [4.78, 5) is 0.357. The van der Waals surface area contributed by atoms with E-state index in [4.69, 9.17) is 5.73 Å². The van der Waals surface area contributed by atoms with Crippen LogP contribution in [0.1, 0.15) is 32.8 Å². The molecule has 1 aromatic carbocycles. The van der Waals surface area contributed by atoms with E-state index in [1.165, 1.54) is 0 Å². The topological polar surface area (TPSA) is 63.4 Å². The van der Waals surface area contributed by atoms with E-state index in [2.05, 4.69) is 0 Å². The summed E-state index contributed by atoms with van der Waals surface area (Å²) in [5.41, 5.74) is 6.55. The highest BCUT2D eigenvalue weighted by Crippen LogP contribution is 2.19. The van der Waals surface area contributed by atoms with Crippen LogP contribution in [0, 0.1) is 0 Å². The number of sulfonamides is 1. The van der Waals surface area contributed by atoms with Crippen LogP contribution in [-0.4, -0.2) is 31.9 Å². The molecule has 2 N–H and O–H groups in total. The van der Waals surface area contributed by atoms with Crippen LogP contribution >= 0.6 is 0 Å². The Labute approximate surface area is 116 Å². The molecule has 0 radical (unpaired) electrons. The minimum Gasteiger partial charge on any atom is -0.330 e. The first-order chi connectivity index (χ1) is 8.93. The maximum absolute atomic E-state index is 12.5. The Morgan fingerprint density at radius 3 is 2.21 bits per heavy atom. The lowest BCUT2D eigenvalue weighted by molar-refractivity contribution is 0.354. The zero-order chi connectivity index (χ0) is 14.5. The molecule has 5 heteroatoms. The van der Waals surface area contributed by atoms with E-state index in [9.17, 15) is 8.42 Å². The molecule has 0 aliphatic heterocycles. The lowest BCUT2D eigenvalue weighted by Crippen LogP contribution is -2.37. The van der Waals surface area contributed by atoms with Gasteiger partial charge in [0.15, 0.2) is 0 Å². The molecule has 0 amide bonds. The molecule has 0 aliphatic carbocycles. The van der Waals surface area contributed by atoms with Crippen molar-refractivity contribution in [1.29, 1.82) is 0 Å². The smallest absolute Gasteiger partial charge is 0.243 e. The van der Waals surface area contributed by atoms with Gasteiger partial charge in [0, 0.05) is 12.6 Å². The molecule has 0 aliphatic rings. The molecule has 0 saturated carbocycles. The van der Waals surface area contributed by atoms with E-state index >= 15 is 0 Å². The molecule has 0 spiro atoms. The maximum atomic E-state index is 12.5. The Bertz CT molecular complexity index is 481. The normalized spacial score (nSPS) is 12.3. The van der Waals surface area contributed by atoms with Crippen LogP contribution < -0.4 is 5.73 Å². The summed E-state index contributed by atoms with van der Waals surface area (Å²) in [6, 6.07) is 6.99. The summed E-state index contributed by atoms with van der Waals surface area (Å²) >= 11 is 0. The zero-order valence-corrected chi connectivity index (χ0v) is 12.8. The predicted octanol–water partition coefficient (Wildman–Crippen LogP) is 2.00. The highest BCUT2D eigenvalue weighted by atomic mass is 32.2. The first-order valence-electron chi connectivity index (χ1n) is 6.74. The minimum atomic E-state index is -3.39. The molecule has 0 saturated heterocycles. The van der Waals surface area contributed by atoms with E-state index < -0.39 is 10.0 Å². The van der Waals surface area contributed by atoms with E-state index in [1.54, 1.807) is 16.4 Å². The number of hydrogen-bond donors (Lipinski definition) is 1. The van der Waals surface area contributed by atoms with E-state index in [0.717, 1.165) is 18.4 Å². The number of hydrogen-bond acceptors (Lipinski definition) is 3. The van der Waals surface area contributed by atoms with Crippen LogP contribution in [0.3, 0.4) is 0 Å². The largest absolute Gasteiger partial charge is 0.330 e. The number of benzene rings is 1. The average Bonchev–Trinajstić information content (AvgIpc) is 2.36. The summed E-state index contributed by atoms with van der Waals surface area (Å²) in [6.45, 7) is 6.89. The highest BCUT2D eigenvalue weighted by molar-refractivity contribution is 7.89. The fourth-order valence-electron chi connectivity index (χ4n) is 2.01. The average molecular weight is 284 g/mol. The van der Waals surface area contributed by atoms with Gasteiger partial charge in [0.2, 0.25) is 10.0 Å². The fourth-order valence-corrected chi connectivity index (χ4v) is 3.74. The van der Waals surface area contributed by atoms with Crippen LogP contribution in [0.5, 0.6) is 0 Å². The first-order valence-corrected chi connectivity index (χ1v) is 8.18. The fraction of sp³-hybridized carbons (Fsp3) is 0.571. The van der Waals surface area contributed by atoms with E-state index in [0.29, 0.717) is 18.0 Å². The van der Waals surface area contributed by atoms with Crippen molar-refractivity contribution in [2.45, 2.75) is 44.6 Å². The van der Waals surface area contributed by atoms with Crippen molar-refractivity contribution in [1.82, 2.24) is 4.31 Å². The molecule has 0 aromatic heterocycles. The molecular formula is C14H24N2O2S. The van der Waals surface area contributed by atoms with Gasteiger partial charge in [0.05, 0.1) is 4.90 Å². The highest BCUT2D eigenvalue weighted by Gasteiger charge is 2.25. The quantitative estimate of drug-likeness (QED) is 0.833. The van der Waals surface area contributed by atoms with E-state index in [1.807, 2.05) is 32.9 Å². The predicted molar refractivity (Wildman–Crippen MR) is 78.5 cm³/mol. The molecule has 0 fully saturated rings. The van der Waals surface area contributed by atoms with Crippen LogP contribution in [0.2, 0.25) is 0 Å². The summed E-state index contributed by atoms with van der Waals surface area (Å²) in [7, 11) is -3.39. The third kappa shape index (κ3) is 4.03. The van der Waals surface area contributed by atoms with Crippen molar-refractivity contribution in [3.8, 4) is 0 Å². The Morgan fingerprint density at radius 1 is 1.21 bits per heavy atom. The van der Waals surface area contributed by atoms with Crippen molar-refractivity contribution >= 4 is 10.0 Å². The molecule has 108 valence electrons. The van der Waals surface area contributed by atoms with Gasteiger partial charge in [-0.15, -0.1) is 0 Å². The Morgan fingerprint density at radius 2 is 1.79 bits per heavy atom. The molecule has 4 nitrogen and oxygen atoms in total. The third-order valence-electron chi connectivity index (χ3n) is 2.98. The zero-order valence-electron chi connectivity index (χ0n) is 12.0. The molecular weight excluding hydrogens is 260 g/mol. The molecule has 1 aromatic rings. The Kier molecular flexibility index (Phi) is 5.97. The summed E-state index contributed by atoms with van der Waals surface area (Å²) in [5.74, 6) is 0. The lowest BCUT2D eigenvalue weighted by Gasteiger charge is -2.25. The van der Waals surface area contributed by atoms with Gasteiger partial charge in [-0.25, -0.2) is 8.42 Å². The maximum Gasteiger partial charge on any atom is 0.243 e. The second kappa shape index (κ2) is 7.03. The van der Waals surface area contributed by atoms with Gasteiger partial charge in [-0.1, -0.05) is 19.1 Å². The third-order valence-corrected chi connectivity index (χ3v) is 5.07. The minimum absolute atomic E-state index is 0.0336. The Hall–Kier alpha value is -0.910. The van der Waals surface area contributed by atoms with Gasteiger partial charge in [0.25, 0.3) is 0 Å². The van der Waals surface area contributed by atoms with Crippen LogP contribution in [0.15, 0.2) is 29.2 Å². The van der Waals surface area contributed by atoms with Gasteiger partial charge >= 0.3 is 0 Å². The second-order valence-corrected chi connectivity index (χ2v) is 6.78. The summed E-state index contributed by atoms with van der Waals surface area (Å²) in [6.07, 6.45) is 1.58. The molecule has 0 heterocycles. The van der Waals surface area contributed by atoms with Crippen LogP contribution in [0.4, 0.5) is 0 Å². The second-order valence-electron chi connectivity index (χ2n) is 4.89. The van der Waals surface area contributed by atoms with Gasteiger partial charge < -0.3 is 5.73 Å². The SMILES string of the molecule is CCCN(C(C)C)S(=O)(=O)c1ccc(CCN)cc1. The number of nitrogens with zero attached hydrogens (tertiary/aromatic N) is 1. The van der Waals surface area contributed by atoms with E-state index in [-0.39, 0.29) is 6.04 Å². The molecule has 0 bridgehead atoms. The van der Waals surface area contributed by atoms with Crippen molar-refractivity contribution in [2.75, 3.05) is 13.1 Å². The molecule has 1 rings (SSSR count). The first kappa shape index (κ1) is 16.1. The number of nitrogens with two attached hydrogens (primary N) is 1.